The van der Waals surface area contributed by atoms with Crippen molar-refractivity contribution in [2.24, 2.45) is 11.6 Å². The maximum atomic E-state index is 12.1. The minimum absolute atomic E-state index is 0.115. The number of carbonyl (C=O) groups excluding carboxylic acids is 2. The SMILES string of the molecule is CCCN1C(=O)C=C(N)[N+](N)(CCC)C1=O. The van der Waals surface area contributed by atoms with Crippen molar-refractivity contribution in [1.29, 1.82) is 0 Å². The minimum atomic E-state index is -0.484. The quantitative estimate of drug-likeness (QED) is 0.409. The molecule has 1 unspecified atom stereocenters. The molecular weight excluding hydrogens is 208 g/mol. The molecule has 0 aromatic carbocycles. The third-order valence-electron chi connectivity index (χ3n) is 2.59. The molecule has 0 aromatic rings. The van der Waals surface area contributed by atoms with E-state index in [-0.39, 0.29) is 11.7 Å². The molecule has 0 radical (unpaired) electrons. The predicted molar refractivity (Wildman–Crippen MR) is 59.3 cm³/mol. The Morgan fingerprint density at radius 1 is 1.31 bits per heavy atom. The summed E-state index contributed by atoms with van der Waals surface area (Å²) >= 11 is 0. The van der Waals surface area contributed by atoms with Crippen molar-refractivity contribution in [3.63, 3.8) is 0 Å². The van der Waals surface area contributed by atoms with Gasteiger partial charge in [-0.2, -0.15) is 5.84 Å². The van der Waals surface area contributed by atoms with Crippen molar-refractivity contribution in [2.75, 3.05) is 13.1 Å². The second-order valence-electron chi connectivity index (χ2n) is 3.93. The molecule has 1 heterocycles. The van der Waals surface area contributed by atoms with Crippen LogP contribution < -0.4 is 11.6 Å². The largest absolute Gasteiger partial charge is 0.451 e. The number of nitrogens with zero attached hydrogens (tertiary/aromatic N) is 2. The van der Waals surface area contributed by atoms with Crippen molar-refractivity contribution in [1.82, 2.24) is 4.90 Å². The summed E-state index contributed by atoms with van der Waals surface area (Å²) in [6, 6.07) is -0.436. The molecular formula is C10H19N4O2+. The van der Waals surface area contributed by atoms with Gasteiger partial charge in [0.1, 0.15) is 6.54 Å². The molecule has 16 heavy (non-hydrogen) atoms. The van der Waals surface area contributed by atoms with Gasteiger partial charge in [0.25, 0.3) is 5.91 Å². The number of rotatable bonds is 4. The highest BCUT2D eigenvalue weighted by Gasteiger charge is 2.46. The Balaban J connectivity index is 3.07. The normalized spacial score (nSPS) is 25.9. The molecule has 4 N–H and O–H groups in total. The Hall–Kier alpha value is -1.40. The van der Waals surface area contributed by atoms with Gasteiger partial charge >= 0.3 is 6.03 Å². The maximum Gasteiger partial charge on any atom is 0.451 e. The van der Waals surface area contributed by atoms with Gasteiger partial charge in [0.05, 0.1) is 6.08 Å². The summed E-state index contributed by atoms with van der Waals surface area (Å²) in [6.07, 6.45) is 2.66. The van der Waals surface area contributed by atoms with Crippen molar-refractivity contribution < 1.29 is 14.2 Å². The van der Waals surface area contributed by atoms with E-state index >= 15 is 0 Å². The predicted octanol–water partition coefficient (Wildman–Crippen LogP) is 0.259. The molecule has 90 valence electrons. The highest BCUT2D eigenvalue weighted by Crippen LogP contribution is 2.18. The van der Waals surface area contributed by atoms with Gasteiger partial charge in [0, 0.05) is 6.54 Å². The zero-order chi connectivity index (χ0) is 12.3. The highest BCUT2D eigenvalue weighted by atomic mass is 16.2. The van der Waals surface area contributed by atoms with Gasteiger partial charge < -0.3 is 5.73 Å². The summed E-state index contributed by atoms with van der Waals surface area (Å²) in [5.41, 5.74) is 5.68. The third-order valence-corrected chi connectivity index (χ3v) is 2.59. The van der Waals surface area contributed by atoms with Crippen LogP contribution in [0, 0.1) is 0 Å². The minimum Gasteiger partial charge on any atom is -0.353 e. The van der Waals surface area contributed by atoms with Crippen LogP contribution in [0.1, 0.15) is 26.7 Å². The Morgan fingerprint density at radius 2 is 1.94 bits per heavy atom. The van der Waals surface area contributed by atoms with E-state index in [1.54, 1.807) is 0 Å². The molecule has 0 saturated heterocycles. The van der Waals surface area contributed by atoms with Gasteiger partial charge in [0.15, 0.2) is 0 Å². The van der Waals surface area contributed by atoms with Gasteiger partial charge in [-0.1, -0.05) is 13.8 Å². The van der Waals surface area contributed by atoms with Crippen molar-refractivity contribution in [3.8, 4) is 0 Å². The molecule has 1 rings (SSSR count). The van der Waals surface area contributed by atoms with Gasteiger partial charge in [-0.05, 0) is 12.8 Å². The monoisotopic (exact) mass is 227 g/mol. The first kappa shape index (κ1) is 12.7. The van der Waals surface area contributed by atoms with Crippen molar-refractivity contribution in [3.05, 3.63) is 11.9 Å². The fourth-order valence-corrected chi connectivity index (χ4v) is 1.75. The number of hydrogen-bond donors (Lipinski definition) is 2. The average molecular weight is 227 g/mol. The van der Waals surface area contributed by atoms with Crippen LogP contribution in [0.25, 0.3) is 0 Å². The molecule has 1 aliphatic heterocycles. The summed E-state index contributed by atoms with van der Waals surface area (Å²) in [4.78, 5) is 24.8. The molecule has 0 bridgehead atoms. The van der Waals surface area contributed by atoms with Gasteiger partial charge in [-0.3, -0.25) is 4.79 Å². The molecule has 0 saturated carbocycles. The summed E-state index contributed by atoms with van der Waals surface area (Å²) in [7, 11) is 0. The van der Waals surface area contributed by atoms with Crippen LogP contribution in [-0.2, 0) is 4.79 Å². The number of amides is 3. The smallest absolute Gasteiger partial charge is 0.353 e. The maximum absolute atomic E-state index is 12.1. The zero-order valence-electron chi connectivity index (χ0n) is 9.77. The zero-order valence-corrected chi connectivity index (χ0v) is 9.77. The highest BCUT2D eigenvalue weighted by molar-refractivity contribution is 6.00. The lowest BCUT2D eigenvalue weighted by molar-refractivity contribution is -0.829. The Morgan fingerprint density at radius 3 is 2.44 bits per heavy atom. The molecule has 3 amide bonds. The summed E-state index contributed by atoms with van der Waals surface area (Å²) in [6.45, 7) is 4.58. The van der Waals surface area contributed by atoms with Crippen LogP contribution in [0.5, 0.6) is 0 Å². The fraction of sp³-hybridized carbons (Fsp3) is 0.600. The fourth-order valence-electron chi connectivity index (χ4n) is 1.75. The molecule has 6 nitrogen and oxygen atoms in total. The third kappa shape index (κ3) is 1.94. The first-order valence-electron chi connectivity index (χ1n) is 5.47. The first-order chi connectivity index (χ1) is 7.47. The summed E-state index contributed by atoms with van der Waals surface area (Å²) in [5, 5.41) is 0. The number of quaternary nitrogens is 1. The molecule has 6 heteroatoms. The van der Waals surface area contributed by atoms with Gasteiger partial charge in [-0.25, -0.2) is 9.69 Å². The molecule has 0 spiro atoms. The van der Waals surface area contributed by atoms with Crippen LogP contribution in [0.4, 0.5) is 4.79 Å². The Bertz CT molecular complexity index is 340. The molecule has 0 fully saturated rings. The van der Waals surface area contributed by atoms with E-state index in [0.29, 0.717) is 25.9 Å². The second-order valence-corrected chi connectivity index (χ2v) is 3.93. The van der Waals surface area contributed by atoms with Crippen LogP contribution >= 0.6 is 0 Å². The van der Waals surface area contributed by atoms with E-state index < -0.39 is 10.6 Å². The Labute approximate surface area is 95.0 Å². The number of urea groups is 1. The van der Waals surface area contributed by atoms with Crippen LogP contribution in [-0.4, -0.2) is 34.5 Å². The van der Waals surface area contributed by atoms with Crippen LogP contribution in [0.2, 0.25) is 0 Å². The molecule has 0 aromatic heterocycles. The first-order valence-corrected chi connectivity index (χ1v) is 5.47. The van der Waals surface area contributed by atoms with Crippen LogP contribution in [0.3, 0.4) is 0 Å². The van der Waals surface area contributed by atoms with Crippen molar-refractivity contribution in [2.45, 2.75) is 26.7 Å². The van der Waals surface area contributed by atoms with E-state index in [2.05, 4.69) is 0 Å². The molecule has 1 atom stereocenters. The number of hydrogen-bond acceptors (Lipinski definition) is 4. The van der Waals surface area contributed by atoms with E-state index in [1.165, 1.54) is 6.08 Å². The van der Waals surface area contributed by atoms with E-state index in [0.717, 1.165) is 4.90 Å². The number of carbonyl (C=O) groups is 2. The van der Waals surface area contributed by atoms with E-state index in [9.17, 15) is 9.59 Å². The number of imide groups is 1. The van der Waals surface area contributed by atoms with Crippen LogP contribution in [0.15, 0.2) is 11.9 Å². The topological polar surface area (TPSA) is 89.4 Å². The second kappa shape index (κ2) is 4.63. The Kier molecular flexibility index (Phi) is 3.66. The lowest BCUT2D eigenvalue weighted by Crippen LogP contribution is -2.67. The van der Waals surface area contributed by atoms with Crippen molar-refractivity contribution >= 4 is 11.9 Å². The van der Waals surface area contributed by atoms with Gasteiger partial charge in [-0.15, -0.1) is 4.59 Å². The lowest BCUT2D eigenvalue weighted by Gasteiger charge is -2.35. The summed E-state index contributed by atoms with van der Waals surface area (Å²) < 4.78 is -0.484. The van der Waals surface area contributed by atoms with E-state index in [1.807, 2.05) is 13.8 Å². The molecule has 1 aliphatic rings. The van der Waals surface area contributed by atoms with Gasteiger partial charge in [0.2, 0.25) is 5.82 Å². The lowest BCUT2D eigenvalue weighted by atomic mass is 10.3. The molecule has 0 aliphatic carbocycles. The standard InChI is InChI=1S/C10H18N4O2/c1-3-5-13-9(15)7-8(11)14(12,6-4-2)10(13)16/h7H,3-6,12H2,1-2H3,(H-,11,15)/p+1. The van der Waals surface area contributed by atoms with E-state index in [4.69, 9.17) is 11.6 Å². The number of nitrogens with two attached hydrogens (primary N) is 2. The summed E-state index contributed by atoms with van der Waals surface area (Å²) in [5.74, 6) is 5.68. The average Bonchev–Trinajstić information content (AvgIpc) is 2.23.